The van der Waals surface area contributed by atoms with E-state index in [1.807, 2.05) is 6.07 Å². The molecule has 0 aliphatic carbocycles. The number of aromatic nitrogens is 1. The summed E-state index contributed by atoms with van der Waals surface area (Å²) < 4.78 is 14.2. The van der Waals surface area contributed by atoms with Gasteiger partial charge < -0.3 is 4.90 Å². The third-order valence-corrected chi connectivity index (χ3v) is 6.46. The molecule has 1 aromatic heterocycles. The molecule has 148 valence electrons. The average Bonchev–Trinajstić information content (AvgIpc) is 3.11. The van der Waals surface area contributed by atoms with E-state index in [4.69, 9.17) is 4.98 Å². The molecule has 0 saturated heterocycles. The van der Waals surface area contributed by atoms with E-state index in [9.17, 15) is 9.18 Å². The summed E-state index contributed by atoms with van der Waals surface area (Å²) in [5.41, 5.74) is 2.19. The van der Waals surface area contributed by atoms with E-state index in [0.717, 1.165) is 33.2 Å². The molecule has 2 aromatic carbocycles. The van der Waals surface area contributed by atoms with Gasteiger partial charge in [0.15, 0.2) is 5.13 Å². The first-order valence-electron chi connectivity index (χ1n) is 9.34. The average molecular weight is 419 g/mol. The zero-order chi connectivity index (χ0) is 20.1. The highest BCUT2D eigenvalue weighted by Crippen LogP contribution is 2.31. The van der Waals surface area contributed by atoms with Crippen molar-refractivity contribution in [3.63, 3.8) is 0 Å². The van der Waals surface area contributed by atoms with Gasteiger partial charge in [0.1, 0.15) is 5.82 Å². The molecule has 3 rings (SSSR count). The summed E-state index contributed by atoms with van der Waals surface area (Å²) in [5.74, 6) is 0.0467. The van der Waals surface area contributed by atoms with Gasteiger partial charge in [-0.2, -0.15) is 0 Å². The highest BCUT2D eigenvalue weighted by atomic mass is 32.2. The first-order valence-corrected chi connectivity index (χ1v) is 11.1. The second-order valence-electron chi connectivity index (χ2n) is 6.86. The standard InChI is InChI=1S/C21H24FN3OS2/c1-4-15-6-5-7-18-20(15)23-21(28-18)25(13-12-24(2)3)19(26)14-27-17-10-8-16(22)9-11-17/h5-11H,4,12-14H2,1-3H3/p+1. The number of nitrogens with zero attached hydrogens (tertiary/aromatic N) is 2. The molecule has 1 heterocycles. The predicted molar refractivity (Wildman–Crippen MR) is 116 cm³/mol. The lowest BCUT2D eigenvalue weighted by atomic mass is 10.1. The summed E-state index contributed by atoms with van der Waals surface area (Å²) in [4.78, 5) is 21.8. The van der Waals surface area contributed by atoms with Gasteiger partial charge in [-0.05, 0) is 42.3 Å². The number of thiazole rings is 1. The van der Waals surface area contributed by atoms with E-state index in [1.165, 1.54) is 34.4 Å². The summed E-state index contributed by atoms with van der Waals surface area (Å²) >= 11 is 2.99. The molecule has 0 aliphatic rings. The van der Waals surface area contributed by atoms with E-state index < -0.39 is 0 Å². The quantitative estimate of drug-likeness (QED) is 0.571. The number of anilines is 1. The summed E-state index contributed by atoms with van der Waals surface area (Å²) in [6.45, 7) is 3.57. The van der Waals surface area contributed by atoms with Crippen LogP contribution in [0, 0.1) is 5.82 Å². The smallest absolute Gasteiger partial charge is 0.239 e. The maximum absolute atomic E-state index is 13.1. The molecule has 0 bridgehead atoms. The van der Waals surface area contributed by atoms with Crippen LogP contribution in [0.1, 0.15) is 12.5 Å². The molecule has 0 saturated carbocycles. The van der Waals surface area contributed by atoms with Crippen molar-refractivity contribution in [2.45, 2.75) is 18.2 Å². The second-order valence-corrected chi connectivity index (χ2v) is 8.92. The third-order valence-electron chi connectivity index (χ3n) is 4.42. The summed E-state index contributed by atoms with van der Waals surface area (Å²) in [5, 5.41) is 0.752. The van der Waals surface area contributed by atoms with E-state index >= 15 is 0 Å². The van der Waals surface area contributed by atoms with Crippen molar-refractivity contribution < 1.29 is 14.1 Å². The van der Waals surface area contributed by atoms with E-state index in [0.29, 0.717) is 12.3 Å². The van der Waals surface area contributed by atoms with Crippen LogP contribution >= 0.6 is 23.1 Å². The van der Waals surface area contributed by atoms with Crippen LogP contribution in [0.2, 0.25) is 0 Å². The van der Waals surface area contributed by atoms with Gasteiger partial charge in [-0.15, -0.1) is 11.8 Å². The van der Waals surface area contributed by atoms with Gasteiger partial charge in [-0.25, -0.2) is 9.37 Å². The molecule has 1 amide bonds. The zero-order valence-corrected chi connectivity index (χ0v) is 18.0. The molecule has 0 fully saturated rings. The highest BCUT2D eigenvalue weighted by Gasteiger charge is 2.21. The predicted octanol–water partition coefficient (Wildman–Crippen LogP) is 3.27. The van der Waals surface area contributed by atoms with E-state index in [2.05, 4.69) is 33.2 Å². The van der Waals surface area contributed by atoms with Crippen LogP contribution in [0.5, 0.6) is 0 Å². The van der Waals surface area contributed by atoms with Crippen molar-refractivity contribution >= 4 is 44.4 Å². The minimum atomic E-state index is -0.271. The fraction of sp³-hybridized carbons (Fsp3) is 0.333. The van der Waals surface area contributed by atoms with Crippen LogP contribution in [0.15, 0.2) is 47.4 Å². The maximum atomic E-state index is 13.1. The topological polar surface area (TPSA) is 37.6 Å². The van der Waals surface area contributed by atoms with Gasteiger partial charge in [0.2, 0.25) is 5.91 Å². The summed E-state index contributed by atoms with van der Waals surface area (Å²) in [6, 6.07) is 12.4. The minimum Gasteiger partial charge on any atom is -0.338 e. The monoisotopic (exact) mass is 418 g/mol. The number of carbonyl (C=O) groups is 1. The molecular formula is C21H25FN3OS2+. The normalized spacial score (nSPS) is 11.3. The van der Waals surface area contributed by atoms with Crippen LogP contribution in [0.25, 0.3) is 10.2 Å². The number of amides is 1. The van der Waals surface area contributed by atoms with Crippen LogP contribution in [-0.4, -0.2) is 43.8 Å². The van der Waals surface area contributed by atoms with Crippen molar-refractivity contribution in [2.24, 2.45) is 0 Å². The Hall–Kier alpha value is -1.96. The van der Waals surface area contributed by atoms with Gasteiger partial charge in [0.05, 0.1) is 43.2 Å². The Labute approximate surface area is 173 Å². The van der Waals surface area contributed by atoms with Crippen LogP contribution in [0.4, 0.5) is 9.52 Å². The molecule has 7 heteroatoms. The largest absolute Gasteiger partial charge is 0.338 e. The number of carbonyl (C=O) groups excluding carboxylic acids is 1. The lowest BCUT2D eigenvalue weighted by molar-refractivity contribution is -0.856. The number of fused-ring (bicyclic) bond motifs is 1. The van der Waals surface area contributed by atoms with Crippen molar-refractivity contribution in [1.29, 1.82) is 0 Å². The van der Waals surface area contributed by atoms with E-state index in [-0.39, 0.29) is 11.7 Å². The number of rotatable bonds is 8. The third kappa shape index (κ3) is 5.10. The molecule has 0 radical (unpaired) electrons. The van der Waals surface area contributed by atoms with Crippen LogP contribution in [0.3, 0.4) is 0 Å². The van der Waals surface area contributed by atoms with Crippen molar-refractivity contribution in [2.75, 3.05) is 37.8 Å². The Morgan fingerprint density at radius 1 is 1.21 bits per heavy atom. The molecule has 0 unspecified atom stereocenters. The van der Waals surface area contributed by atoms with Crippen molar-refractivity contribution in [1.82, 2.24) is 4.98 Å². The van der Waals surface area contributed by atoms with Gasteiger partial charge in [-0.1, -0.05) is 30.4 Å². The number of aryl methyl sites for hydroxylation is 1. The Kier molecular flexibility index (Phi) is 7.04. The number of thioether (sulfide) groups is 1. The second kappa shape index (κ2) is 9.49. The lowest BCUT2D eigenvalue weighted by Gasteiger charge is -2.20. The molecule has 28 heavy (non-hydrogen) atoms. The molecule has 3 aromatic rings. The number of hydrogen-bond acceptors (Lipinski definition) is 4. The molecule has 1 N–H and O–H groups in total. The fourth-order valence-corrected chi connectivity index (χ4v) is 4.64. The maximum Gasteiger partial charge on any atom is 0.239 e. The fourth-order valence-electron chi connectivity index (χ4n) is 2.81. The number of benzene rings is 2. The Balaban J connectivity index is 1.81. The number of para-hydroxylation sites is 1. The minimum absolute atomic E-state index is 0.0210. The Morgan fingerprint density at radius 3 is 2.64 bits per heavy atom. The number of quaternary nitrogens is 1. The SMILES string of the molecule is CCc1cccc2sc(N(CC[NH+](C)C)C(=O)CSc3ccc(F)cc3)nc12. The van der Waals surface area contributed by atoms with Crippen LogP contribution in [-0.2, 0) is 11.2 Å². The zero-order valence-electron chi connectivity index (χ0n) is 16.4. The molecule has 0 aliphatic heterocycles. The van der Waals surface area contributed by atoms with Gasteiger partial charge in [-0.3, -0.25) is 9.69 Å². The van der Waals surface area contributed by atoms with Crippen molar-refractivity contribution in [3.8, 4) is 0 Å². The Morgan fingerprint density at radius 2 is 1.96 bits per heavy atom. The number of halogens is 1. The number of nitrogens with one attached hydrogen (secondary N) is 1. The molecular weight excluding hydrogens is 393 g/mol. The van der Waals surface area contributed by atoms with E-state index in [1.54, 1.807) is 28.4 Å². The molecule has 0 spiro atoms. The van der Waals surface area contributed by atoms with Gasteiger partial charge in [0.25, 0.3) is 0 Å². The Bertz CT molecular complexity index is 940. The lowest BCUT2D eigenvalue weighted by Crippen LogP contribution is -3.06. The van der Waals surface area contributed by atoms with Crippen molar-refractivity contribution in [3.05, 3.63) is 53.8 Å². The first-order chi connectivity index (χ1) is 13.5. The van der Waals surface area contributed by atoms with Gasteiger partial charge in [0, 0.05) is 4.90 Å². The summed E-state index contributed by atoms with van der Waals surface area (Å²) in [6.07, 6.45) is 0.913. The molecule has 0 atom stereocenters. The highest BCUT2D eigenvalue weighted by molar-refractivity contribution is 8.00. The first kappa shape index (κ1) is 20.8. The van der Waals surface area contributed by atoms with Crippen LogP contribution < -0.4 is 9.80 Å². The van der Waals surface area contributed by atoms with Gasteiger partial charge >= 0.3 is 0 Å². The number of hydrogen-bond donors (Lipinski definition) is 1. The summed E-state index contributed by atoms with van der Waals surface area (Å²) in [7, 11) is 4.15. The molecule has 4 nitrogen and oxygen atoms in total. The number of likely N-dealkylation sites (N-methyl/N-ethyl adjacent to an activating group) is 1.